The SMILES string of the molecule is c1ccc(C(=C(c2ccc(-c3ccc(C(=C(c4ccccc4)c4ccc(N(c5ccccc5)c5ccccc5)cc4)c4ccccc4)cc3)cc2)c2ccc(N(c3ccccc3)c3ccccc3)cc2)c2ccccc2)cc1. The van der Waals surface area contributed by atoms with Gasteiger partial charge in [-0.15, -0.1) is 0 Å². The summed E-state index contributed by atoms with van der Waals surface area (Å²) in [6.45, 7) is 0. The third-order valence-corrected chi connectivity index (χ3v) is 14.3. The standard InChI is InChI=1S/C76H56N2/c1-9-25-59(26-10-1)73(60-27-11-2-12-28-60)76(66-51-55-72(56-52-66)78(69-37-21-7-22-38-69)70-39-23-8-24-40-70)64-47-43-58(44-48-64)57-41-45-63(46-42-57)74(61-29-13-3-14-30-61)75(62-31-15-4-16-32-62)65-49-53-71(54-50-65)77(67-33-17-5-18-34-67)68-35-19-6-20-36-68/h1-56H. The van der Waals surface area contributed by atoms with Gasteiger partial charge in [-0.2, -0.15) is 0 Å². The summed E-state index contributed by atoms with van der Waals surface area (Å²) in [5, 5.41) is 0. The number of para-hydroxylation sites is 4. The molecule has 0 saturated heterocycles. The van der Waals surface area contributed by atoms with Crippen molar-refractivity contribution in [2.24, 2.45) is 0 Å². The molecule has 12 aromatic carbocycles. The van der Waals surface area contributed by atoms with Crippen LogP contribution in [0.15, 0.2) is 340 Å². The van der Waals surface area contributed by atoms with Crippen molar-refractivity contribution in [3.8, 4) is 11.1 Å². The van der Waals surface area contributed by atoms with E-state index < -0.39 is 0 Å². The molecule has 0 fully saturated rings. The Labute approximate surface area is 459 Å². The predicted octanol–water partition coefficient (Wildman–Crippen LogP) is 20.3. The van der Waals surface area contributed by atoms with E-state index in [1.807, 2.05) is 0 Å². The molecule has 0 aliphatic heterocycles. The van der Waals surface area contributed by atoms with Crippen LogP contribution in [0.25, 0.3) is 33.4 Å². The van der Waals surface area contributed by atoms with E-state index >= 15 is 0 Å². The van der Waals surface area contributed by atoms with Crippen LogP contribution in [-0.2, 0) is 0 Å². The Bertz CT molecular complexity index is 3780. The number of anilines is 6. The molecule has 2 nitrogen and oxygen atoms in total. The van der Waals surface area contributed by atoms with Crippen molar-refractivity contribution >= 4 is 56.4 Å². The van der Waals surface area contributed by atoms with Gasteiger partial charge in [-0.3, -0.25) is 0 Å². The topological polar surface area (TPSA) is 6.48 Å². The number of hydrogen-bond acceptors (Lipinski definition) is 2. The minimum Gasteiger partial charge on any atom is -0.311 e. The first-order valence-corrected chi connectivity index (χ1v) is 26.7. The summed E-state index contributed by atoms with van der Waals surface area (Å²) < 4.78 is 0. The molecule has 0 spiro atoms. The van der Waals surface area contributed by atoms with E-state index in [1.165, 1.54) is 22.3 Å². The van der Waals surface area contributed by atoms with Crippen LogP contribution in [0.5, 0.6) is 0 Å². The van der Waals surface area contributed by atoms with Crippen LogP contribution in [-0.4, -0.2) is 0 Å². The molecule has 12 aromatic rings. The normalized spacial score (nSPS) is 11.3. The van der Waals surface area contributed by atoms with Gasteiger partial charge in [-0.25, -0.2) is 0 Å². The zero-order chi connectivity index (χ0) is 52.3. The summed E-state index contributed by atoms with van der Waals surface area (Å²) in [7, 11) is 0. The summed E-state index contributed by atoms with van der Waals surface area (Å²) >= 11 is 0. The van der Waals surface area contributed by atoms with Crippen molar-refractivity contribution in [3.63, 3.8) is 0 Å². The van der Waals surface area contributed by atoms with Crippen LogP contribution >= 0.6 is 0 Å². The summed E-state index contributed by atoms with van der Waals surface area (Å²) in [6.07, 6.45) is 0. The van der Waals surface area contributed by atoms with Crippen molar-refractivity contribution in [2.75, 3.05) is 9.80 Å². The number of nitrogens with zero attached hydrogens (tertiary/aromatic N) is 2. The summed E-state index contributed by atoms with van der Waals surface area (Å²) in [4.78, 5) is 4.62. The lowest BCUT2D eigenvalue weighted by atomic mass is 9.84. The molecule has 0 aliphatic carbocycles. The number of hydrogen-bond donors (Lipinski definition) is 0. The first-order chi connectivity index (χ1) is 38.7. The lowest BCUT2D eigenvalue weighted by Gasteiger charge is -2.26. The molecule has 0 aliphatic rings. The molecule has 0 amide bonds. The van der Waals surface area contributed by atoms with Gasteiger partial charge in [0.2, 0.25) is 0 Å². The molecule has 0 heterocycles. The van der Waals surface area contributed by atoms with E-state index in [2.05, 4.69) is 350 Å². The van der Waals surface area contributed by atoms with E-state index in [0.29, 0.717) is 0 Å². The first kappa shape index (κ1) is 48.6. The van der Waals surface area contributed by atoms with Crippen LogP contribution < -0.4 is 9.80 Å². The third kappa shape index (κ3) is 10.5. The second-order valence-electron chi connectivity index (χ2n) is 19.2. The molecule has 0 atom stereocenters. The van der Waals surface area contributed by atoms with Gasteiger partial charge in [0.15, 0.2) is 0 Å². The highest BCUT2D eigenvalue weighted by atomic mass is 15.1. The Morgan fingerprint density at radius 3 is 0.500 bits per heavy atom. The Kier molecular flexibility index (Phi) is 14.4. The molecule has 0 unspecified atom stereocenters. The van der Waals surface area contributed by atoms with Gasteiger partial charge in [0.05, 0.1) is 0 Å². The van der Waals surface area contributed by atoms with Gasteiger partial charge < -0.3 is 9.80 Å². The molecule has 78 heavy (non-hydrogen) atoms. The summed E-state index contributed by atoms with van der Waals surface area (Å²) in [5.74, 6) is 0. The lowest BCUT2D eigenvalue weighted by molar-refractivity contribution is 1.28. The highest BCUT2D eigenvalue weighted by molar-refractivity contribution is 6.06. The molecule has 0 aromatic heterocycles. The quantitative estimate of drug-likeness (QED) is 0.0945. The average Bonchev–Trinajstić information content (AvgIpc) is 3.54. The minimum absolute atomic E-state index is 1.09. The fourth-order valence-electron chi connectivity index (χ4n) is 10.7. The van der Waals surface area contributed by atoms with Crippen molar-refractivity contribution < 1.29 is 0 Å². The molecular weight excluding hydrogens is 941 g/mol. The zero-order valence-electron chi connectivity index (χ0n) is 43.2. The van der Waals surface area contributed by atoms with Crippen molar-refractivity contribution in [1.29, 1.82) is 0 Å². The van der Waals surface area contributed by atoms with Crippen LogP contribution in [0.3, 0.4) is 0 Å². The van der Waals surface area contributed by atoms with Gasteiger partial charge in [0.1, 0.15) is 0 Å². The van der Waals surface area contributed by atoms with Crippen LogP contribution in [0.4, 0.5) is 34.1 Å². The summed E-state index contributed by atoms with van der Waals surface area (Å²) in [6, 6.07) is 122. The molecule has 12 rings (SSSR count). The van der Waals surface area contributed by atoms with E-state index in [0.717, 1.165) is 89.8 Å². The molecule has 0 saturated carbocycles. The molecule has 0 radical (unpaired) electrons. The fourth-order valence-corrected chi connectivity index (χ4v) is 10.7. The molecule has 0 bridgehead atoms. The van der Waals surface area contributed by atoms with Crippen LogP contribution in [0.1, 0.15) is 44.5 Å². The second-order valence-corrected chi connectivity index (χ2v) is 19.2. The van der Waals surface area contributed by atoms with E-state index in [9.17, 15) is 0 Å². The molecule has 0 N–H and O–H groups in total. The van der Waals surface area contributed by atoms with Gasteiger partial charge in [0, 0.05) is 34.1 Å². The fraction of sp³-hybridized carbons (Fsp3) is 0. The van der Waals surface area contributed by atoms with Gasteiger partial charge >= 0.3 is 0 Å². The second kappa shape index (κ2) is 23.1. The van der Waals surface area contributed by atoms with E-state index in [-0.39, 0.29) is 0 Å². The van der Waals surface area contributed by atoms with E-state index in [1.54, 1.807) is 0 Å². The Hall–Kier alpha value is -10.3. The maximum Gasteiger partial charge on any atom is 0.0462 e. The minimum atomic E-state index is 1.09. The van der Waals surface area contributed by atoms with E-state index in [4.69, 9.17) is 0 Å². The lowest BCUT2D eigenvalue weighted by Crippen LogP contribution is -2.09. The number of benzene rings is 12. The average molecular weight is 997 g/mol. The smallest absolute Gasteiger partial charge is 0.0462 e. The summed E-state index contributed by atoms with van der Waals surface area (Å²) in [5.41, 5.74) is 22.8. The zero-order valence-corrected chi connectivity index (χ0v) is 43.2. The maximum absolute atomic E-state index is 2.31. The Balaban J connectivity index is 0.939. The van der Waals surface area contributed by atoms with Crippen molar-refractivity contribution in [2.45, 2.75) is 0 Å². The molecular formula is C76H56N2. The molecule has 370 valence electrons. The van der Waals surface area contributed by atoms with Crippen LogP contribution in [0.2, 0.25) is 0 Å². The highest BCUT2D eigenvalue weighted by Gasteiger charge is 2.21. The maximum atomic E-state index is 2.31. The molecule has 2 heteroatoms. The first-order valence-electron chi connectivity index (χ1n) is 26.7. The predicted molar refractivity (Wildman–Crippen MR) is 330 cm³/mol. The Morgan fingerprint density at radius 1 is 0.141 bits per heavy atom. The van der Waals surface area contributed by atoms with Gasteiger partial charge in [-0.1, -0.05) is 267 Å². The number of rotatable bonds is 15. The third-order valence-electron chi connectivity index (χ3n) is 14.3. The largest absolute Gasteiger partial charge is 0.311 e. The van der Waals surface area contributed by atoms with Gasteiger partial charge in [0.25, 0.3) is 0 Å². The van der Waals surface area contributed by atoms with Crippen LogP contribution in [0, 0.1) is 0 Å². The Morgan fingerprint density at radius 2 is 0.295 bits per heavy atom. The van der Waals surface area contributed by atoms with Gasteiger partial charge in [-0.05, 0) is 151 Å². The monoisotopic (exact) mass is 996 g/mol. The van der Waals surface area contributed by atoms with Crippen molar-refractivity contribution in [3.05, 3.63) is 384 Å². The highest BCUT2D eigenvalue weighted by Crippen LogP contribution is 2.43. The van der Waals surface area contributed by atoms with Crippen molar-refractivity contribution in [1.82, 2.24) is 0 Å².